The predicted octanol–water partition coefficient (Wildman–Crippen LogP) is 4.42. The van der Waals surface area contributed by atoms with Gasteiger partial charge in [-0.1, -0.05) is 44.2 Å². The average molecular weight is 346 g/mol. The van der Waals surface area contributed by atoms with Crippen LogP contribution in [0.2, 0.25) is 0 Å². The molecule has 0 spiro atoms. The number of carbonyl (C=O) groups is 1. The molecule has 0 bridgehead atoms. The van der Waals surface area contributed by atoms with Gasteiger partial charge in [0.05, 0.1) is 11.0 Å². The molecule has 139 valence electrons. The van der Waals surface area contributed by atoms with Crippen LogP contribution in [0, 0.1) is 11.8 Å². The smallest absolute Gasteiger partial charge is 0.225 e. The van der Waals surface area contributed by atoms with E-state index in [0.29, 0.717) is 0 Å². The van der Waals surface area contributed by atoms with Crippen LogP contribution in [0.4, 0.5) is 0 Å². The number of benzene rings is 1. The van der Waals surface area contributed by atoms with E-state index in [1.54, 1.807) is 0 Å². The van der Waals surface area contributed by atoms with E-state index in [2.05, 4.69) is 58.2 Å². The van der Waals surface area contributed by atoms with E-state index in [4.69, 9.17) is 10.6 Å². The molecule has 1 radical (unpaired) electrons. The van der Waals surface area contributed by atoms with Crippen molar-refractivity contribution in [1.29, 1.82) is 0 Å². The highest BCUT2D eigenvalue weighted by molar-refractivity contribution is 5.84. The highest BCUT2D eigenvalue weighted by Gasteiger charge is 2.60. The molecule has 1 aliphatic rings. The van der Waals surface area contributed by atoms with Crippen molar-refractivity contribution in [2.45, 2.75) is 78.0 Å². The molecule has 2 N–H and O–H groups in total. The first-order valence-corrected chi connectivity index (χ1v) is 9.31. The molecule has 0 aromatic heterocycles. The van der Waals surface area contributed by atoms with Gasteiger partial charge >= 0.3 is 0 Å². The van der Waals surface area contributed by atoms with Crippen molar-refractivity contribution in [3.63, 3.8) is 0 Å². The van der Waals surface area contributed by atoms with Gasteiger partial charge in [-0.25, -0.2) is 0 Å². The number of rotatable bonds is 6. The van der Waals surface area contributed by atoms with Crippen LogP contribution in [0.25, 0.3) is 0 Å². The quantitative estimate of drug-likeness (QED) is 0.830. The fourth-order valence-electron chi connectivity index (χ4n) is 3.88. The van der Waals surface area contributed by atoms with Crippen molar-refractivity contribution in [2.24, 2.45) is 11.1 Å². The van der Waals surface area contributed by atoms with Crippen LogP contribution in [0.15, 0.2) is 30.3 Å². The Morgan fingerprint density at radius 3 is 2.28 bits per heavy atom. The maximum Gasteiger partial charge on any atom is 0.225 e. The van der Waals surface area contributed by atoms with Gasteiger partial charge in [-0.15, -0.1) is 0 Å². The highest BCUT2D eigenvalue weighted by atomic mass is 16.7. The van der Waals surface area contributed by atoms with Crippen LogP contribution in [0.5, 0.6) is 0 Å². The fourth-order valence-corrected chi connectivity index (χ4v) is 3.88. The van der Waals surface area contributed by atoms with Crippen molar-refractivity contribution >= 4 is 5.91 Å². The summed E-state index contributed by atoms with van der Waals surface area (Å²) in [7, 11) is 0. The second-order valence-corrected chi connectivity index (χ2v) is 7.91. The summed E-state index contributed by atoms with van der Waals surface area (Å²) in [5, 5.41) is 2.09. The molecule has 4 heteroatoms. The van der Waals surface area contributed by atoms with Gasteiger partial charge in [0.25, 0.3) is 0 Å². The van der Waals surface area contributed by atoms with Crippen molar-refractivity contribution in [3.8, 4) is 0 Å². The van der Waals surface area contributed by atoms with E-state index in [9.17, 15) is 4.79 Å². The lowest BCUT2D eigenvalue weighted by Gasteiger charge is -2.61. The Morgan fingerprint density at radius 1 is 1.20 bits per heavy atom. The van der Waals surface area contributed by atoms with E-state index in [1.807, 2.05) is 25.1 Å². The zero-order chi connectivity index (χ0) is 18.9. The summed E-state index contributed by atoms with van der Waals surface area (Å²) in [5.74, 6) is -0.295. The lowest BCUT2D eigenvalue weighted by atomic mass is 9.60. The third kappa shape index (κ3) is 3.22. The summed E-state index contributed by atoms with van der Waals surface area (Å²) in [4.78, 5) is 18.9. The molecule has 1 aliphatic heterocycles. The van der Waals surface area contributed by atoms with Crippen molar-refractivity contribution in [2.75, 3.05) is 0 Å². The first-order chi connectivity index (χ1) is 11.6. The molecule has 1 aromatic rings. The van der Waals surface area contributed by atoms with Crippen molar-refractivity contribution < 1.29 is 9.63 Å². The SMILES string of the molecule is CCC1(C)C[CH]C(C)(C(N)=O)C(C)(CC)N1OC(C)c1ccccc1. The van der Waals surface area contributed by atoms with Crippen LogP contribution in [-0.2, 0) is 9.63 Å². The molecule has 1 saturated heterocycles. The summed E-state index contributed by atoms with van der Waals surface area (Å²) in [6, 6.07) is 10.2. The van der Waals surface area contributed by atoms with Crippen LogP contribution in [0.1, 0.15) is 72.5 Å². The summed E-state index contributed by atoms with van der Waals surface area (Å²) < 4.78 is 0. The Hall–Kier alpha value is -1.39. The van der Waals surface area contributed by atoms with Gasteiger partial charge in [-0.3, -0.25) is 9.63 Å². The Balaban J connectivity index is 2.45. The van der Waals surface area contributed by atoms with E-state index < -0.39 is 11.0 Å². The third-order valence-corrected chi connectivity index (χ3v) is 6.50. The van der Waals surface area contributed by atoms with E-state index in [0.717, 1.165) is 24.8 Å². The van der Waals surface area contributed by atoms with Gasteiger partial charge < -0.3 is 5.73 Å². The minimum atomic E-state index is -0.743. The first-order valence-electron chi connectivity index (χ1n) is 9.31. The molecule has 4 nitrogen and oxygen atoms in total. The summed E-state index contributed by atoms with van der Waals surface area (Å²) in [6.45, 7) is 12.6. The molecule has 4 atom stereocenters. The van der Waals surface area contributed by atoms with E-state index in [-0.39, 0.29) is 17.6 Å². The number of nitrogens with zero attached hydrogens (tertiary/aromatic N) is 1. The fraction of sp³-hybridized carbons (Fsp3) is 0.619. The maximum absolute atomic E-state index is 12.4. The van der Waals surface area contributed by atoms with Crippen LogP contribution in [-0.4, -0.2) is 22.0 Å². The molecule has 1 amide bonds. The van der Waals surface area contributed by atoms with E-state index >= 15 is 0 Å². The number of carbonyl (C=O) groups excluding carboxylic acids is 1. The summed E-state index contributed by atoms with van der Waals surface area (Å²) in [6.07, 6.45) is 4.46. The highest BCUT2D eigenvalue weighted by Crippen LogP contribution is 2.52. The van der Waals surface area contributed by atoms with Gasteiger partial charge in [0.2, 0.25) is 5.91 Å². The number of amides is 1. The van der Waals surface area contributed by atoms with Gasteiger partial charge in [0, 0.05) is 5.54 Å². The Morgan fingerprint density at radius 2 is 1.80 bits per heavy atom. The van der Waals surface area contributed by atoms with Gasteiger partial charge in [-0.2, -0.15) is 5.06 Å². The Kier molecular flexibility index (Phi) is 5.65. The van der Waals surface area contributed by atoms with Crippen molar-refractivity contribution in [3.05, 3.63) is 42.3 Å². The zero-order valence-corrected chi connectivity index (χ0v) is 16.5. The number of piperidine rings is 1. The van der Waals surface area contributed by atoms with Gasteiger partial charge in [-0.05, 0) is 58.9 Å². The molecule has 0 saturated carbocycles. The van der Waals surface area contributed by atoms with E-state index in [1.165, 1.54) is 0 Å². The maximum atomic E-state index is 12.4. The topological polar surface area (TPSA) is 55.6 Å². The molecule has 1 fully saturated rings. The number of hydrogen-bond acceptors (Lipinski definition) is 3. The van der Waals surface area contributed by atoms with Crippen LogP contribution in [0.3, 0.4) is 0 Å². The number of primary amides is 1. The second kappa shape index (κ2) is 7.08. The molecule has 2 rings (SSSR count). The number of hydroxylamine groups is 2. The normalized spacial score (nSPS) is 34.6. The Bertz CT molecular complexity index is 605. The minimum absolute atomic E-state index is 0.104. The standard InChI is InChI=1S/C21H33N2O2/c1-7-19(4)14-15-20(5,18(22)24)21(6,8-2)23(19)25-16(3)17-12-10-9-11-13-17/h9-13,15-16H,7-8,14H2,1-6H3,(H2,22,24). The lowest BCUT2D eigenvalue weighted by molar-refractivity contribution is -0.326. The molecular weight excluding hydrogens is 312 g/mol. The minimum Gasteiger partial charge on any atom is -0.369 e. The second-order valence-electron chi connectivity index (χ2n) is 7.91. The summed E-state index contributed by atoms with van der Waals surface area (Å²) >= 11 is 0. The largest absolute Gasteiger partial charge is 0.369 e. The summed E-state index contributed by atoms with van der Waals surface area (Å²) in [5.41, 5.74) is 5.52. The molecular formula is C21H33N2O2. The van der Waals surface area contributed by atoms with Crippen LogP contribution < -0.4 is 5.73 Å². The third-order valence-electron chi connectivity index (χ3n) is 6.50. The first kappa shape index (κ1) is 19.9. The monoisotopic (exact) mass is 345 g/mol. The number of hydrogen-bond donors (Lipinski definition) is 1. The molecule has 1 aromatic carbocycles. The predicted molar refractivity (Wildman–Crippen MR) is 101 cm³/mol. The van der Waals surface area contributed by atoms with Gasteiger partial charge in [0.1, 0.15) is 6.10 Å². The molecule has 25 heavy (non-hydrogen) atoms. The zero-order valence-electron chi connectivity index (χ0n) is 16.5. The molecule has 0 aliphatic carbocycles. The van der Waals surface area contributed by atoms with Crippen LogP contribution >= 0.6 is 0 Å². The van der Waals surface area contributed by atoms with Crippen molar-refractivity contribution in [1.82, 2.24) is 5.06 Å². The number of nitrogens with two attached hydrogens (primary N) is 1. The average Bonchev–Trinajstić information content (AvgIpc) is 2.62. The molecule has 4 unspecified atom stereocenters. The van der Waals surface area contributed by atoms with Gasteiger partial charge in [0.15, 0.2) is 0 Å². The lowest BCUT2D eigenvalue weighted by Crippen LogP contribution is -2.71. The Labute approximate surface area is 152 Å². The molecule has 1 heterocycles.